The van der Waals surface area contributed by atoms with E-state index in [0.717, 1.165) is 4.57 Å². The Bertz CT molecular complexity index is 1090. The van der Waals surface area contributed by atoms with Crippen molar-refractivity contribution in [3.05, 3.63) is 55.6 Å². The van der Waals surface area contributed by atoms with Crippen molar-refractivity contribution in [2.75, 3.05) is 6.61 Å². The lowest BCUT2D eigenvalue weighted by Crippen LogP contribution is -2.43. The van der Waals surface area contributed by atoms with Crippen molar-refractivity contribution in [3.8, 4) is 17.0 Å². The molecule has 0 saturated carbocycles. The third kappa shape index (κ3) is 2.41. The SMILES string of the molecule is CCOc1ccc(-c2[nH]c(=O)[nH+]c3c2c(=O)n(C)c(=O)n3C)cc1. The lowest BCUT2D eigenvalue weighted by atomic mass is 10.1. The molecule has 1 aromatic carbocycles. The number of H-pyrrole nitrogens is 2. The summed E-state index contributed by atoms with van der Waals surface area (Å²) >= 11 is 0. The average molecular weight is 329 g/mol. The van der Waals surface area contributed by atoms with Crippen molar-refractivity contribution in [1.29, 1.82) is 0 Å². The number of nitrogens with one attached hydrogen (secondary N) is 2. The van der Waals surface area contributed by atoms with E-state index in [1.54, 1.807) is 24.3 Å². The summed E-state index contributed by atoms with van der Waals surface area (Å²) < 4.78 is 7.64. The molecule has 8 heteroatoms. The van der Waals surface area contributed by atoms with Crippen LogP contribution in [0.15, 0.2) is 38.6 Å². The first-order valence-electron chi connectivity index (χ1n) is 7.42. The number of rotatable bonds is 3. The van der Waals surface area contributed by atoms with Crippen LogP contribution in [0.3, 0.4) is 0 Å². The number of ether oxygens (including phenoxy) is 1. The Morgan fingerprint density at radius 2 is 1.75 bits per heavy atom. The van der Waals surface area contributed by atoms with Crippen LogP contribution < -0.4 is 26.7 Å². The van der Waals surface area contributed by atoms with Gasteiger partial charge in [-0.3, -0.25) is 4.79 Å². The maximum absolute atomic E-state index is 12.6. The number of hydrogen-bond donors (Lipinski definition) is 1. The van der Waals surface area contributed by atoms with Crippen LogP contribution in [-0.2, 0) is 14.1 Å². The van der Waals surface area contributed by atoms with Gasteiger partial charge in [0.1, 0.15) is 11.4 Å². The van der Waals surface area contributed by atoms with Gasteiger partial charge in [-0.25, -0.2) is 28.7 Å². The van der Waals surface area contributed by atoms with E-state index in [9.17, 15) is 14.4 Å². The van der Waals surface area contributed by atoms with E-state index >= 15 is 0 Å². The Labute approximate surface area is 136 Å². The molecule has 0 bridgehead atoms. The Kier molecular flexibility index (Phi) is 3.80. The molecule has 0 aliphatic rings. The van der Waals surface area contributed by atoms with Crippen LogP contribution in [0.1, 0.15) is 6.92 Å². The molecule has 24 heavy (non-hydrogen) atoms. The Morgan fingerprint density at radius 3 is 2.38 bits per heavy atom. The first-order chi connectivity index (χ1) is 11.4. The van der Waals surface area contributed by atoms with E-state index in [4.69, 9.17) is 4.74 Å². The molecule has 0 spiro atoms. The molecule has 0 unspecified atom stereocenters. The van der Waals surface area contributed by atoms with E-state index in [-0.39, 0.29) is 11.0 Å². The van der Waals surface area contributed by atoms with Gasteiger partial charge in [-0.15, -0.1) is 0 Å². The second-order valence-corrected chi connectivity index (χ2v) is 5.34. The summed E-state index contributed by atoms with van der Waals surface area (Å²) in [6, 6.07) is 7.01. The molecule has 3 aromatic rings. The highest BCUT2D eigenvalue weighted by atomic mass is 16.5. The highest BCUT2D eigenvalue weighted by molar-refractivity contribution is 5.87. The molecule has 3 rings (SSSR count). The highest BCUT2D eigenvalue weighted by Gasteiger charge is 2.20. The predicted octanol–water partition coefficient (Wildman–Crippen LogP) is -0.195. The second kappa shape index (κ2) is 5.80. The van der Waals surface area contributed by atoms with E-state index in [0.29, 0.717) is 23.6 Å². The zero-order valence-electron chi connectivity index (χ0n) is 13.5. The van der Waals surface area contributed by atoms with Crippen molar-refractivity contribution >= 4 is 11.0 Å². The quantitative estimate of drug-likeness (QED) is 0.719. The van der Waals surface area contributed by atoms with Crippen LogP contribution in [-0.4, -0.2) is 20.7 Å². The first-order valence-corrected chi connectivity index (χ1v) is 7.42. The zero-order valence-corrected chi connectivity index (χ0v) is 13.5. The van der Waals surface area contributed by atoms with E-state index in [1.807, 2.05) is 6.92 Å². The summed E-state index contributed by atoms with van der Waals surface area (Å²) in [5.41, 5.74) is -0.319. The molecule has 0 radical (unpaired) electrons. The first kappa shape index (κ1) is 15.7. The van der Waals surface area contributed by atoms with Gasteiger partial charge >= 0.3 is 11.4 Å². The fraction of sp³-hybridized carbons (Fsp3) is 0.250. The Balaban J connectivity index is 2.38. The van der Waals surface area contributed by atoms with Crippen molar-refractivity contribution < 1.29 is 9.72 Å². The topological polar surface area (TPSA) is 100 Å². The minimum atomic E-state index is -0.507. The summed E-state index contributed by atoms with van der Waals surface area (Å²) in [6.45, 7) is 2.43. The Morgan fingerprint density at radius 1 is 1.08 bits per heavy atom. The largest absolute Gasteiger partial charge is 0.494 e. The van der Waals surface area contributed by atoms with Gasteiger partial charge in [0, 0.05) is 12.6 Å². The number of nitrogens with zero attached hydrogens (tertiary/aromatic N) is 2. The Hall–Kier alpha value is -3.16. The maximum Gasteiger partial charge on any atom is 0.439 e. The van der Waals surface area contributed by atoms with Crippen LogP contribution in [0, 0.1) is 0 Å². The number of aromatic amines is 2. The molecule has 0 atom stereocenters. The molecule has 2 heterocycles. The molecular weight excluding hydrogens is 312 g/mol. The number of fused-ring (bicyclic) bond motifs is 1. The van der Waals surface area contributed by atoms with Gasteiger partial charge in [-0.2, -0.15) is 0 Å². The van der Waals surface area contributed by atoms with Gasteiger partial charge in [0.25, 0.3) is 5.56 Å². The molecule has 0 aliphatic heterocycles. The van der Waals surface area contributed by atoms with Gasteiger partial charge < -0.3 is 4.74 Å². The molecule has 0 aliphatic carbocycles. The fourth-order valence-corrected chi connectivity index (χ4v) is 2.63. The lowest BCUT2D eigenvalue weighted by Gasteiger charge is -2.07. The van der Waals surface area contributed by atoms with E-state index < -0.39 is 16.9 Å². The van der Waals surface area contributed by atoms with Crippen molar-refractivity contribution in [1.82, 2.24) is 14.1 Å². The lowest BCUT2D eigenvalue weighted by molar-refractivity contribution is -0.374. The molecular formula is C16H17N4O4+. The normalized spacial score (nSPS) is 11.0. The summed E-state index contributed by atoms with van der Waals surface area (Å²) in [5, 5.41) is 0.239. The van der Waals surface area contributed by atoms with Crippen molar-refractivity contribution in [2.45, 2.75) is 6.92 Å². The summed E-state index contributed by atoms with van der Waals surface area (Å²) in [7, 11) is 2.90. The van der Waals surface area contributed by atoms with Crippen LogP contribution in [0.25, 0.3) is 22.3 Å². The van der Waals surface area contributed by atoms with Crippen molar-refractivity contribution in [2.24, 2.45) is 14.1 Å². The van der Waals surface area contributed by atoms with Gasteiger partial charge in [-0.05, 0) is 31.2 Å². The van der Waals surface area contributed by atoms with Crippen molar-refractivity contribution in [3.63, 3.8) is 0 Å². The standard InChI is InChI=1S/C16H16N4O4/c1-4-24-10-7-5-9(6-8-10)12-11-13(18-15(22)17-12)19(2)16(23)20(3)14(11)21/h5-8H,4H2,1-3H3,(H,17,18,22)/p+1. The molecule has 2 N–H and O–H groups in total. The molecule has 2 aromatic heterocycles. The minimum absolute atomic E-state index is 0.177. The third-order valence-electron chi connectivity index (χ3n) is 3.84. The monoisotopic (exact) mass is 329 g/mol. The minimum Gasteiger partial charge on any atom is -0.494 e. The number of benzene rings is 1. The van der Waals surface area contributed by atoms with Gasteiger partial charge in [0.2, 0.25) is 5.65 Å². The van der Waals surface area contributed by atoms with Gasteiger partial charge in [-0.1, -0.05) is 0 Å². The second-order valence-electron chi connectivity index (χ2n) is 5.34. The smallest absolute Gasteiger partial charge is 0.439 e. The molecule has 0 saturated heterocycles. The predicted molar refractivity (Wildman–Crippen MR) is 88.2 cm³/mol. The fourth-order valence-electron chi connectivity index (χ4n) is 2.63. The van der Waals surface area contributed by atoms with E-state index in [2.05, 4.69) is 9.97 Å². The zero-order chi connectivity index (χ0) is 17.4. The molecule has 8 nitrogen and oxygen atoms in total. The molecule has 124 valence electrons. The number of aromatic nitrogens is 4. The summed E-state index contributed by atoms with van der Waals surface area (Å²) in [6.07, 6.45) is 0. The average Bonchev–Trinajstić information content (AvgIpc) is 2.58. The summed E-state index contributed by atoms with van der Waals surface area (Å²) in [5.74, 6) is 0.690. The third-order valence-corrected chi connectivity index (χ3v) is 3.84. The maximum atomic E-state index is 12.6. The van der Waals surface area contributed by atoms with Gasteiger partial charge in [0.15, 0.2) is 5.39 Å². The van der Waals surface area contributed by atoms with Gasteiger partial charge in [0.05, 0.1) is 13.7 Å². The number of aryl methyl sites for hydroxylation is 1. The van der Waals surface area contributed by atoms with Crippen LogP contribution in [0.5, 0.6) is 5.75 Å². The number of hydrogen-bond acceptors (Lipinski definition) is 4. The molecule has 0 fully saturated rings. The van der Waals surface area contributed by atoms with Crippen LogP contribution in [0.2, 0.25) is 0 Å². The van der Waals surface area contributed by atoms with Crippen LogP contribution >= 0.6 is 0 Å². The highest BCUT2D eigenvalue weighted by Crippen LogP contribution is 2.23. The van der Waals surface area contributed by atoms with E-state index in [1.165, 1.54) is 18.7 Å². The molecule has 0 amide bonds. The van der Waals surface area contributed by atoms with Crippen LogP contribution in [0.4, 0.5) is 0 Å². The summed E-state index contributed by atoms with van der Waals surface area (Å²) in [4.78, 5) is 41.7.